The summed E-state index contributed by atoms with van der Waals surface area (Å²) in [5, 5.41) is 3.15. The Kier molecular flexibility index (Phi) is 3.04. The first-order chi connectivity index (χ1) is 7.31. The molecule has 0 spiro atoms. The van der Waals surface area contributed by atoms with Crippen LogP contribution in [-0.4, -0.2) is 29.6 Å². The Morgan fingerprint density at radius 1 is 1.40 bits per heavy atom. The Morgan fingerprint density at radius 2 is 2.13 bits per heavy atom. The minimum Gasteiger partial charge on any atom is -0.356 e. The summed E-state index contributed by atoms with van der Waals surface area (Å²) in [5.74, 6) is 1.84. The van der Waals surface area contributed by atoms with Gasteiger partial charge in [0.1, 0.15) is 5.82 Å². The first-order valence-corrected chi connectivity index (χ1v) is 5.63. The van der Waals surface area contributed by atoms with E-state index in [4.69, 9.17) is 0 Å². The monoisotopic (exact) mass is 206 g/mol. The van der Waals surface area contributed by atoms with Crippen molar-refractivity contribution in [1.29, 1.82) is 0 Å². The quantitative estimate of drug-likeness (QED) is 0.819. The molecule has 4 heteroatoms. The fraction of sp³-hybridized carbons (Fsp3) is 0.636. The Hall–Kier alpha value is -1.32. The summed E-state index contributed by atoms with van der Waals surface area (Å²) >= 11 is 0. The van der Waals surface area contributed by atoms with Crippen LogP contribution >= 0.6 is 0 Å². The molecule has 2 rings (SSSR count). The van der Waals surface area contributed by atoms with Crippen LogP contribution in [-0.2, 0) is 0 Å². The summed E-state index contributed by atoms with van der Waals surface area (Å²) in [6, 6.07) is 0. The number of anilines is 2. The maximum atomic E-state index is 4.55. The summed E-state index contributed by atoms with van der Waals surface area (Å²) in [5.41, 5.74) is 1.17. The minimum absolute atomic E-state index is 0.741. The van der Waals surface area contributed by atoms with Crippen LogP contribution in [0.5, 0.6) is 0 Å². The summed E-state index contributed by atoms with van der Waals surface area (Å²) in [7, 11) is 0. The van der Waals surface area contributed by atoms with Crippen molar-refractivity contribution in [3.63, 3.8) is 0 Å². The molecular formula is C11H18N4. The molecule has 1 N–H and O–H groups in total. The second kappa shape index (κ2) is 4.47. The van der Waals surface area contributed by atoms with Gasteiger partial charge in [-0.05, 0) is 26.7 Å². The van der Waals surface area contributed by atoms with Crippen molar-refractivity contribution in [1.82, 2.24) is 9.97 Å². The van der Waals surface area contributed by atoms with E-state index in [1.54, 1.807) is 0 Å². The van der Waals surface area contributed by atoms with Crippen molar-refractivity contribution >= 4 is 11.8 Å². The molecule has 1 saturated heterocycles. The van der Waals surface area contributed by atoms with Crippen LogP contribution < -0.4 is 10.2 Å². The number of nitrogens with zero attached hydrogens (tertiary/aromatic N) is 3. The minimum atomic E-state index is 0.741. The van der Waals surface area contributed by atoms with Crippen molar-refractivity contribution in [2.75, 3.05) is 29.9 Å². The van der Waals surface area contributed by atoms with Gasteiger partial charge in [0, 0.05) is 31.4 Å². The number of hydrogen-bond acceptors (Lipinski definition) is 4. The predicted octanol–water partition coefficient (Wildman–Crippen LogP) is 1.82. The van der Waals surface area contributed by atoms with Gasteiger partial charge in [0.15, 0.2) is 0 Å². The summed E-state index contributed by atoms with van der Waals surface area (Å²) in [6.45, 7) is 7.25. The van der Waals surface area contributed by atoms with Crippen molar-refractivity contribution in [2.24, 2.45) is 0 Å². The van der Waals surface area contributed by atoms with E-state index >= 15 is 0 Å². The average molecular weight is 206 g/mol. The smallest absolute Gasteiger partial charge is 0.224 e. The van der Waals surface area contributed by atoms with E-state index < -0.39 is 0 Å². The normalized spacial score (nSPS) is 15.7. The standard InChI is InChI=1S/C11H18N4/c1-3-12-11-13-8-9(2)10(14-11)15-6-4-5-7-15/h8H,3-7H2,1-2H3,(H,12,13,14). The average Bonchev–Trinajstić information content (AvgIpc) is 2.74. The summed E-state index contributed by atoms with van der Waals surface area (Å²) in [4.78, 5) is 11.1. The molecule has 1 aliphatic heterocycles. The summed E-state index contributed by atoms with van der Waals surface area (Å²) in [6.07, 6.45) is 4.46. The molecule has 0 amide bonds. The van der Waals surface area contributed by atoms with Crippen LogP contribution in [0, 0.1) is 6.92 Å². The van der Waals surface area contributed by atoms with Crippen LogP contribution in [0.1, 0.15) is 25.3 Å². The van der Waals surface area contributed by atoms with E-state index in [9.17, 15) is 0 Å². The number of nitrogens with one attached hydrogen (secondary N) is 1. The molecule has 15 heavy (non-hydrogen) atoms. The highest BCUT2D eigenvalue weighted by atomic mass is 15.2. The zero-order valence-corrected chi connectivity index (χ0v) is 9.45. The molecule has 0 aromatic carbocycles. The van der Waals surface area contributed by atoms with Gasteiger partial charge >= 0.3 is 0 Å². The van der Waals surface area contributed by atoms with Crippen molar-refractivity contribution in [2.45, 2.75) is 26.7 Å². The lowest BCUT2D eigenvalue weighted by atomic mass is 10.3. The Labute approximate surface area is 90.7 Å². The van der Waals surface area contributed by atoms with E-state index in [0.29, 0.717) is 0 Å². The fourth-order valence-corrected chi connectivity index (χ4v) is 1.93. The predicted molar refractivity (Wildman–Crippen MR) is 62.4 cm³/mol. The highest BCUT2D eigenvalue weighted by molar-refractivity contribution is 5.49. The van der Waals surface area contributed by atoms with Crippen LogP contribution in [0.15, 0.2) is 6.20 Å². The van der Waals surface area contributed by atoms with Gasteiger partial charge in [-0.15, -0.1) is 0 Å². The van der Waals surface area contributed by atoms with Gasteiger partial charge in [0.2, 0.25) is 5.95 Å². The van der Waals surface area contributed by atoms with Gasteiger partial charge in [-0.2, -0.15) is 4.98 Å². The van der Waals surface area contributed by atoms with Crippen LogP contribution in [0.3, 0.4) is 0 Å². The Morgan fingerprint density at radius 3 is 2.80 bits per heavy atom. The van der Waals surface area contributed by atoms with E-state index in [1.807, 2.05) is 6.20 Å². The van der Waals surface area contributed by atoms with E-state index in [1.165, 1.54) is 18.4 Å². The van der Waals surface area contributed by atoms with Crippen LogP contribution in [0.4, 0.5) is 11.8 Å². The van der Waals surface area contributed by atoms with Gasteiger partial charge < -0.3 is 10.2 Å². The lowest BCUT2D eigenvalue weighted by molar-refractivity contribution is 0.914. The molecule has 82 valence electrons. The SMILES string of the molecule is CCNc1ncc(C)c(N2CCCC2)n1. The zero-order chi connectivity index (χ0) is 10.7. The van der Waals surface area contributed by atoms with Gasteiger partial charge in [-0.3, -0.25) is 0 Å². The molecule has 0 unspecified atom stereocenters. The van der Waals surface area contributed by atoms with Gasteiger partial charge in [-0.1, -0.05) is 0 Å². The second-order valence-corrected chi connectivity index (χ2v) is 3.92. The molecule has 1 aliphatic rings. The molecule has 0 aliphatic carbocycles. The molecule has 4 nitrogen and oxygen atoms in total. The van der Waals surface area contributed by atoms with Crippen LogP contribution in [0.2, 0.25) is 0 Å². The molecule has 2 heterocycles. The molecule has 0 radical (unpaired) electrons. The van der Waals surface area contributed by atoms with E-state index in [2.05, 4.69) is 34.0 Å². The van der Waals surface area contributed by atoms with Gasteiger partial charge in [-0.25, -0.2) is 4.98 Å². The third-order valence-electron chi connectivity index (χ3n) is 2.69. The largest absolute Gasteiger partial charge is 0.356 e. The number of aromatic nitrogens is 2. The van der Waals surface area contributed by atoms with Crippen molar-refractivity contribution in [3.8, 4) is 0 Å². The summed E-state index contributed by atoms with van der Waals surface area (Å²) < 4.78 is 0. The first-order valence-electron chi connectivity index (χ1n) is 5.63. The molecule has 0 atom stereocenters. The van der Waals surface area contributed by atoms with Gasteiger partial charge in [0.25, 0.3) is 0 Å². The zero-order valence-electron chi connectivity index (χ0n) is 9.45. The lowest BCUT2D eigenvalue weighted by Crippen LogP contribution is -2.21. The number of hydrogen-bond donors (Lipinski definition) is 1. The van der Waals surface area contributed by atoms with E-state index in [0.717, 1.165) is 31.4 Å². The molecule has 1 aromatic heterocycles. The maximum absolute atomic E-state index is 4.55. The van der Waals surface area contributed by atoms with Crippen molar-refractivity contribution in [3.05, 3.63) is 11.8 Å². The third-order valence-corrected chi connectivity index (χ3v) is 2.69. The molecule has 1 aromatic rings. The van der Waals surface area contributed by atoms with Gasteiger partial charge in [0.05, 0.1) is 0 Å². The number of aryl methyl sites for hydroxylation is 1. The Balaban J connectivity index is 2.23. The Bertz CT molecular complexity index is 331. The third kappa shape index (κ3) is 2.19. The molecule has 1 fully saturated rings. The fourth-order valence-electron chi connectivity index (χ4n) is 1.93. The van der Waals surface area contributed by atoms with E-state index in [-0.39, 0.29) is 0 Å². The number of rotatable bonds is 3. The second-order valence-electron chi connectivity index (χ2n) is 3.92. The maximum Gasteiger partial charge on any atom is 0.224 e. The van der Waals surface area contributed by atoms with Crippen molar-refractivity contribution < 1.29 is 0 Å². The highest BCUT2D eigenvalue weighted by Gasteiger charge is 2.16. The molecular weight excluding hydrogens is 188 g/mol. The highest BCUT2D eigenvalue weighted by Crippen LogP contribution is 2.22. The molecule has 0 saturated carbocycles. The van der Waals surface area contributed by atoms with Crippen LogP contribution in [0.25, 0.3) is 0 Å². The topological polar surface area (TPSA) is 41.1 Å². The lowest BCUT2D eigenvalue weighted by Gasteiger charge is -2.18. The first kappa shape index (κ1) is 10.2. The molecule has 0 bridgehead atoms.